The van der Waals surface area contributed by atoms with Gasteiger partial charge >= 0.3 is 5.97 Å². The summed E-state index contributed by atoms with van der Waals surface area (Å²) in [6, 6.07) is 16.8. The summed E-state index contributed by atoms with van der Waals surface area (Å²) in [5.74, 6) is 0.699. The molecule has 0 amide bonds. The first-order chi connectivity index (χ1) is 14.5. The Kier molecular flexibility index (Phi) is 5.46. The molecule has 0 aliphatic carbocycles. The van der Waals surface area contributed by atoms with Gasteiger partial charge in [-0.3, -0.25) is 9.36 Å². The molecule has 0 aliphatic rings. The molecule has 0 unspecified atom stereocenters. The fraction of sp³-hybridized carbons (Fsp3) is 0.174. The Bertz CT molecular complexity index is 1290. The van der Waals surface area contributed by atoms with Gasteiger partial charge < -0.3 is 9.15 Å². The van der Waals surface area contributed by atoms with Gasteiger partial charge in [-0.15, -0.1) is 0 Å². The highest BCUT2D eigenvalue weighted by Crippen LogP contribution is 2.27. The van der Waals surface area contributed by atoms with Gasteiger partial charge in [-0.05, 0) is 44.2 Å². The van der Waals surface area contributed by atoms with Crippen LogP contribution in [-0.4, -0.2) is 22.6 Å². The minimum absolute atomic E-state index is 0.127. The zero-order valence-corrected chi connectivity index (χ0v) is 17.7. The monoisotopic (exact) mass is 420 g/mol. The number of carbonyl (C=O) groups is 1. The molecular formula is C23H20N2O4S. The van der Waals surface area contributed by atoms with E-state index >= 15 is 0 Å². The number of esters is 1. The molecule has 2 aromatic carbocycles. The topological polar surface area (TPSA) is 74.3 Å². The standard InChI is InChI=1S/C23H20N2O4S/c1-14-8-10-16(11-9-14)25-21(26)18-6-4-5-7-19(18)24-23(25)30-13-17-12-15(2)20(29-17)22(27)28-3/h4-12H,13H2,1-3H3. The van der Waals surface area contributed by atoms with Gasteiger partial charge in [0.05, 0.1) is 29.5 Å². The highest BCUT2D eigenvalue weighted by molar-refractivity contribution is 7.98. The molecule has 4 aromatic rings. The van der Waals surface area contributed by atoms with Crippen LogP contribution in [0, 0.1) is 13.8 Å². The maximum atomic E-state index is 13.3. The number of nitrogens with zero attached hydrogens (tertiary/aromatic N) is 2. The second-order valence-corrected chi connectivity index (χ2v) is 7.84. The van der Waals surface area contributed by atoms with E-state index in [9.17, 15) is 9.59 Å². The number of aromatic nitrogens is 2. The largest absolute Gasteiger partial charge is 0.463 e. The van der Waals surface area contributed by atoms with Crippen molar-refractivity contribution in [3.8, 4) is 5.69 Å². The summed E-state index contributed by atoms with van der Waals surface area (Å²) in [6.45, 7) is 3.79. The van der Waals surface area contributed by atoms with Crippen molar-refractivity contribution in [1.29, 1.82) is 0 Å². The van der Waals surface area contributed by atoms with Crippen LogP contribution in [0.25, 0.3) is 16.6 Å². The minimum atomic E-state index is -0.510. The molecule has 0 spiro atoms. The normalized spacial score (nSPS) is 11.0. The third kappa shape index (κ3) is 3.76. The van der Waals surface area contributed by atoms with Gasteiger partial charge in [0.2, 0.25) is 5.76 Å². The van der Waals surface area contributed by atoms with Crippen LogP contribution in [0.3, 0.4) is 0 Å². The zero-order chi connectivity index (χ0) is 21.3. The van der Waals surface area contributed by atoms with Crippen molar-refractivity contribution >= 4 is 28.6 Å². The molecule has 6 nitrogen and oxygen atoms in total. The lowest BCUT2D eigenvalue weighted by Gasteiger charge is -2.13. The number of ether oxygens (including phenoxy) is 1. The lowest BCUT2D eigenvalue weighted by atomic mass is 10.2. The maximum absolute atomic E-state index is 13.3. The van der Waals surface area contributed by atoms with E-state index in [4.69, 9.17) is 14.1 Å². The van der Waals surface area contributed by atoms with Crippen LogP contribution in [0.5, 0.6) is 0 Å². The van der Waals surface area contributed by atoms with Gasteiger partial charge in [-0.2, -0.15) is 0 Å². The Labute approximate surface area is 177 Å². The van der Waals surface area contributed by atoms with Crippen molar-refractivity contribution in [2.75, 3.05) is 7.11 Å². The predicted molar refractivity (Wildman–Crippen MR) is 116 cm³/mol. The van der Waals surface area contributed by atoms with Crippen molar-refractivity contribution in [3.63, 3.8) is 0 Å². The van der Waals surface area contributed by atoms with E-state index in [0.717, 1.165) is 11.3 Å². The summed E-state index contributed by atoms with van der Waals surface area (Å²) in [7, 11) is 1.32. The van der Waals surface area contributed by atoms with Crippen LogP contribution in [0.4, 0.5) is 0 Å². The van der Waals surface area contributed by atoms with Crippen molar-refractivity contribution in [3.05, 3.63) is 87.6 Å². The van der Waals surface area contributed by atoms with E-state index in [-0.39, 0.29) is 11.3 Å². The Balaban J connectivity index is 1.76. The van der Waals surface area contributed by atoms with E-state index in [0.29, 0.717) is 33.1 Å². The molecule has 0 fully saturated rings. The molecule has 30 heavy (non-hydrogen) atoms. The van der Waals surface area contributed by atoms with E-state index in [1.807, 2.05) is 49.4 Å². The molecule has 0 saturated heterocycles. The third-order valence-corrected chi connectivity index (χ3v) is 5.68. The Morgan fingerprint density at radius 1 is 1.13 bits per heavy atom. The first kappa shape index (κ1) is 20.0. The number of methoxy groups -OCH3 is 1. The van der Waals surface area contributed by atoms with Crippen molar-refractivity contribution in [2.24, 2.45) is 0 Å². The molecule has 2 aromatic heterocycles. The summed E-state index contributed by atoms with van der Waals surface area (Å²) < 4.78 is 12.0. The molecule has 0 atom stereocenters. The zero-order valence-electron chi connectivity index (χ0n) is 16.8. The summed E-state index contributed by atoms with van der Waals surface area (Å²) in [6.07, 6.45) is 0. The summed E-state index contributed by atoms with van der Waals surface area (Å²) in [5.41, 5.74) is 3.07. The fourth-order valence-corrected chi connectivity index (χ4v) is 4.07. The van der Waals surface area contributed by atoms with Crippen molar-refractivity contribution in [1.82, 2.24) is 9.55 Å². The van der Waals surface area contributed by atoms with Gasteiger partial charge in [0.25, 0.3) is 5.56 Å². The lowest BCUT2D eigenvalue weighted by Crippen LogP contribution is -2.21. The molecule has 0 radical (unpaired) electrons. The van der Waals surface area contributed by atoms with Crippen molar-refractivity contribution < 1.29 is 13.9 Å². The second-order valence-electron chi connectivity index (χ2n) is 6.89. The Morgan fingerprint density at radius 3 is 2.60 bits per heavy atom. The number of thioether (sulfide) groups is 1. The van der Waals surface area contributed by atoms with Gasteiger partial charge in [-0.1, -0.05) is 41.6 Å². The molecule has 7 heteroatoms. The van der Waals surface area contributed by atoms with Crippen LogP contribution in [-0.2, 0) is 10.5 Å². The molecular weight excluding hydrogens is 400 g/mol. The van der Waals surface area contributed by atoms with Crippen LogP contribution < -0.4 is 5.56 Å². The van der Waals surface area contributed by atoms with E-state index < -0.39 is 5.97 Å². The number of hydrogen-bond donors (Lipinski definition) is 0. The average molecular weight is 420 g/mol. The smallest absolute Gasteiger partial charge is 0.374 e. The van der Waals surface area contributed by atoms with Gasteiger partial charge in [-0.25, -0.2) is 9.78 Å². The van der Waals surface area contributed by atoms with E-state index in [2.05, 4.69) is 0 Å². The highest BCUT2D eigenvalue weighted by atomic mass is 32.2. The second kappa shape index (κ2) is 8.20. The number of furan rings is 1. The summed E-state index contributed by atoms with van der Waals surface area (Å²) >= 11 is 1.38. The quantitative estimate of drug-likeness (QED) is 0.265. The SMILES string of the molecule is COC(=O)c1oc(CSc2nc3ccccc3c(=O)n2-c2ccc(C)cc2)cc1C. The Hall–Kier alpha value is -3.32. The number of para-hydroxylation sites is 1. The molecule has 4 rings (SSSR count). The molecule has 152 valence electrons. The fourth-order valence-electron chi connectivity index (χ4n) is 3.18. The number of aryl methyl sites for hydroxylation is 2. The van der Waals surface area contributed by atoms with Crippen LogP contribution in [0.2, 0.25) is 0 Å². The van der Waals surface area contributed by atoms with Gasteiger partial charge in [0.1, 0.15) is 5.76 Å². The number of carbonyl (C=O) groups excluding carboxylic acids is 1. The molecule has 2 heterocycles. The molecule has 0 saturated carbocycles. The highest BCUT2D eigenvalue weighted by Gasteiger charge is 2.18. The van der Waals surface area contributed by atoms with Crippen LogP contribution in [0.1, 0.15) is 27.4 Å². The van der Waals surface area contributed by atoms with Gasteiger partial charge in [0, 0.05) is 5.56 Å². The van der Waals surface area contributed by atoms with E-state index in [1.165, 1.54) is 18.9 Å². The summed E-state index contributed by atoms with van der Waals surface area (Å²) in [5, 5.41) is 1.11. The number of hydrogen-bond acceptors (Lipinski definition) is 6. The van der Waals surface area contributed by atoms with E-state index in [1.54, 1.807) is 23.6 Å². The van der Waals surface area contributed by atoms with Crippen molar-refractivity contribution in [2.45, 2.75) is 24.8 Å². The summed E-state index contributed by atoms with van der Waals surface area (Å²) in [4.78, 5) is 29.8. The molecule has 0 bridgehead atoms. The van der Waals surface area contributed by atoms with Crippen LogP contribution >= 0.6 is 11.8 Å². The first-order valence-corrected chi connectivity index (χ1v) is 10.4. The van der Waals surface area contributed by atoms with Crippen LogP contribution in [0.15, 0.2) is 69.0 Å². The maximum Gasteiger partial charge on any atom is 0.374 e. The number of rotatable bonds is 5. The minimum Gasteiger partial charge on any atom is -0.463 e. The molecule has 0 N–H and O–H groups in total. The van der Waals surface area contributed by atoms with Gasteiger partial charge in [0.15, 0.2) is 5.16 Å². The number of fused-ring (bicyclic) bond motifs is 1. The first-order valence-electron chi connectivity index (χ1n) is 9.37. The molecule has 0 aliphatic heterocycles. The average Bonchev–Trinajstić information content (AvgIpc) is 3.13. The third-order valence-electron chi connectivity index (χ3n) is 4.72. The number of benzene rings is 2. The Morgan fingerprint density at radius 2 is 1.87 bits per heavy atom. The predicted octanol–water partition coefficient (Wildman–Crippen LogP) is 4.67. The lowest BCUT2D eigenvalue weighted by molar-refractivity contribution is 0.0562.